The number of amides is 1. The van der Waals surface area contributed by atoms with Gasteiger partial charge >= 0.3 is 5.69 Å². The molecule has 0 radical (unpaired) electrons. The average molecular weight is 378 g/mol. The Hall–Kier alpha value is -2.45. The van der Waals surface area contributed by atoms with Gasteiger partial charge in [0.25, 0.3) is 11.5 Å². The molecule has 9 heteroatoms. The van der Waals surface area contributed by atoms with Crippen LogP contribution in [0, 0.1) is 0 Å². The quantitative estimate of drug-likeness (QED) is 0.771. The highest BCUT2D eigenvalue weighted by Gasteiger charge is 2.26. The second-order valence-corrected chi connectivity index (χ2v) is 6.55. The second-order valence-electron chi connectivity index (χ2n) is 6.11. The van der Waals surface area contributed by atoms with Crippen molar-refractivity contribution in [3.05, 3.63) is 55.8 Å². The molecule has 1 aliphatic rings. The molecular formula is C17H20ClN5O3. The lowest BCUT2D eigenvalue weighted by molar-refractivity contribution is 0.0632. The van der Waals surface area contributed by atoms with Crippen LogP contribution >= 0.6 is 11.6 Å². The third-order valence-corrected chi connectivity index (χ3v) is 4.81. The molecule has 1 saturated heterocycles. The fraction of sp³-hybridized carbons (Fsp3) is 0.412. The highest BCUT2D eigenvalue weighted by molar-refractivity contribution is 6.30. The van der Waals surface area contributed by atoms with Crippen molar-refractivity contribution >= 4 is 17.5 Å². The molecule has 0 saturated carbocycles. The molecule has 0 unspecified atom stereocenters. The van der Waals surface area contributed by atoms with E-state index < -0.39 is 17.2 Å². The van der Waals surface area contributed by atoms with Crippen LogP contribution < -0.4 is 11.2 Å². The lowest BCUT2D eigenvalue weighted by Gasteiger charge is -2.33. The van der Waals surface area contributed by atoms with Gasteiger partial charge in [-0.2, -0.15) is 9.78 Å². The number of hydrogen-bond donors (Lipinski definition) is 0. The van der Waals surface area contributed by atoms with Crippen molar-refractivity contribution in [1.82, 2.24) is 24.1 Å². The van der Waals surface area contributed by atoms with Gasteiger partial charge in [-0.3, -0.25) is 14.2 Å². The first-order valence-electron chi connectivity index (χ1n) is 8.40. The van der Waals surface area contributed by atoms with Crippen molar-refractivity contribution in [1.29, 1.82) is 0 Å². The van der Waals surface area contributed by atoms with Crippen LogP contribution in [0.25, 0.3) is 5.69 Å². The number of piperazine rings is 1. The van der Waals surface area contributed by atoms with Crippen LogP contribution in [0.2, 0.25) is 5.02 Å². The Kier molecular flexibility index (Phi) is 5.24. The summed E-state index contributed by atoms with van der Waals surface area (Å²) in [6.07, 6.45) is 0. The summed E-state index contributed by atoms with van der Waals surface area (Å²) in [5.41, 5.74) is -1.14. The van der Waals surface area contributed by atoms with E-state index in [0.717, 1.165) is 28.9 Å². The maximum atomic E-state index is 12.8. The molecule has 1 aliphatic heterocycles. The van der Waals surface area contributed by atoms with Crippen LogP contribution in [-0.2, 0) is 7.05 Å². The summed E-state index contributed by atoms with van der Waals surface area (Å²) >= 11 is 5.87. The standard InChI is InChI=1S/C17H20ClN5O3/c1-3-21-8-10-22(11-9-21)16(25)14-15(24)20(2)17(26)23(19-14)13-6-4-12(18)5-7-13/h4-7H,3,8-11H2,1-2H3. The van der Waals surface area contributed by atoms with Gasteiger partial charge in [0, 0.05) is 38.2 Å². The molecule has 0 atom stereocenters. The van der Waals surface area contributed by atoms with Gasteiger partial charge in [0.15, 0.2) is 0 Å². The number of nitrogens with zero attached hydrogens (tertiary/aromatic N) is 5. The maximum Gasteiger partial charge on any atom is 0.351 e. The van der Waals surface area contributed by atoms with Gasteiger partial charge in [-0.15, -0.1) is 0 Å². The zero-order valence-corrected chi connectivity index (χ0v) is 15.4. The Labute approximate surface area is 155 Å². The van der Waals surface area contributed by atoms with Crippen molar-refractivity contribution in [3.63, 3.8) is 0 Å². The van der Waals surface area contributed by atoms with Crippen LogP contribution in [0.5, 0.6) is 0 Å². The van der Waals surface area contributed by atoms with Crippen molar-refractivity contribution in [2.24, 2.45) is 7.05 Å². The summed E-state index contributed by atoms with van der Waals surface area (Å²) in [7, 11) is 1.34. The number of carbonyl (C=O) groups is 1. The van der Waals surface area contributed by atoms with E-state index in [1.807, 2.05) is 0 Å². The number of benzene rings is 1. The molecule has 0 aliphatic carbocycles. The fourth-order valence-electron chi connectivity index (χ4n) is 2.88. The van der Waals surface area contributed by atoms with Crippen molar-refractivity contribution < 1.29 is 4.79 Å². The first-order chi connectivity index (χ1) is 12.4. The van der Waals surface area contributed by atoms with Gasteiger partial charge in [-0.05, 0) is 30.8 Å². The third kappa shape index (κ3) is 3.42. The number of halogens is 1. The third-order valence-electron chi connectivity index (χ3n) is 4.56. The van der Waals surface area contributed by atoms with Gasteiger partial charge < -0.3 is 9.80 Å². The van der Waals surface area contributed by atoms with Crippen LogP contribution in [0.3, 0.4) is 0 Å². The predicted molar refractivity (Wildman–Crippen MR) is 98.1 cm³/mol. The lowest BCUT2D eigenvalue weighted by Crippen LogP contribution is -2.51. The SMILES string of the molecule is CCN1CCN(C(=O)c2nn(-c3ccc(Cl)cc3)c(=O)n(C)c2=O)CC1. The predicted octanol–water partition coefficient (Wildman–Crippen LogP) is 0.362. The van der Waals surface area contributed by atoms with Crippen LogP contribution in [0.1, 0.15) is 17.4 Å². The van der Waals surface area contributed by atoms with Crippen molar-refractivity contribution in [3.8, 4) is 5.69 Å². The van der Waals surface area contributed by atoms with Crippen molar-refractivity contribution in [2.75, 3.05) is 32.7 Å². The maximum absolute atomic E-state index is 12.8. The molecule has 1 aromatic carbocycles. The lowest BCUT2D eigenvalue weighted by atomic mass is 10.3. The first-order valence-corrected chi connectivity index (χ1v) is 8.78. The Morgan fingerprint density at radius 1 is 1.12 bits per heavy atom. The summed E-state index contributed by atoms with van der Waals surface area (Å²) < 4.78 is 1.95. The van der Waals surface area contributed by atoms with Gasteiger partial charge in [0.1, 0.15) is 0 Å². The number of carbonyl (C=O) groups excluding carboxylic acids is 1. The topological polar surface area (TPSA) is 80.4 Å². The molecule has 2 heterocycles. The molecule has 1 aromatic heterocycles. The molecule has 8 nitrogen and oxygen atoms in total. The molecule has 3 rings (SSSR count). The number of aromatic nitrogens is 3. The van der Waals surface area contributed by atoms with E-state index in [1.54, 1.807) is 29.2 Å². The molecule has 0 bridgehead atoms. The number of likely N-dealkylation sites (N-methyl/N-ethyl adjacent to an activating group) is 1. The zero-order chi connectivity index (χ0) is 18.8. The fourth-order valence-corrected chi connectivity index (χ4v) is 3.00. The molecule has 26 heavy (non-hydrogen) atoms. The van der Waals surface area contributed by atoms with E-state index >= 15 is 0 Å². The minimum atomic E-state index is -0.692. The van der Waals surface area contributed by atoms with Gasteiger partial charge in [0.05, 0.1) is 5.69 Å². The summed E-state index contributed by atoms with van der Waals surface area (Å²) in [5, 5.41) is 4.58. The van der Waals surface area contributed by atoms with E-state index in [-0.39, 0.29) is 5.69 Å². The Bertz CT molecular complexity index is 927. The molecule has 138 valence electrons. The van der Waals surface area contributed by atoms with E-state index in [2.05, 4.69) is 16.9 Å². The summed E-state index contributed by atoms with van der Waals surface area (Å²) in [4.78, 5) is 41.5. The van der Waals surface area contributed by atoms with E-state index in [9.17, 15) is 14.4 Å². The number of rotatable bonds is 3. The Balaban J connectivity index is 2.00. The molecule has 2 aromatic rings. The molecule has 0 N–H and O–H groups in total. The smallest absolute Gasteiger partial charge is 0.335 e. The molecule has 1 amide bonds. The first kappa shape index (κ1) is 18.3. The molecule has 0 spiro atoms. The largest absolute Gasteiger partial charge is 0.351 e. The number of hydrogen-bond acceptors (Lipinski definition) is 5. The summed E-state index contributed by atoms with van der Waals surface area (Å²) in [6, 6.07) is 6.44. The van der Waals surface area contributed by atoms with Gasteiger partial charge in [0.2, 0.25) is 5.69 Å². The van der Waals surface area contributed by atoms with E-state index in [0.29, 0.717) is 23.8 Å². The Morgan fingerprint density at radius 2 is 1.73 bits per heavy atom. The highest BCUT2D eigenvalue weighted by atomic mass is 35.5. The molecule has 1 fully saturated rings. The van der Waals surface area contributed by atoms with Crippen molar-refractivity contribution in [2.45, 2.75) is 6.92 Å². The second kappa shape index (κ2) is 7.43. The normalized spacial score (nSPS) is 15.3. The van der Waals surface area contributed by atoms with Crippen LogP contribution in [-0.4, -0.2) is 62.8 Å². The van der Waals surface area contributed by atoms with Gasteiger partial charge in [-0.1, -0.05) is 18.5 Å². The Morgan fingerprint density at radius 3 is 2.31 bits per heavy atom. The average Bonchev–Trinajstić information content (AvgIpc) is 2.67. The summed E-state index contributed by atoms with van der Waals surface area (Å²) in [5.74, 6) is -0.455. The van der Waals surface area contributed by atoms with Gasteiger partial charge in [-0.25, -0.2) is 4.79 Å². The van der Waals surface area contributed by atoms with E-state index in [4.69, 9.17) is 11.6 Å². The van der Waals surface area contributed by atoms with Crippen LogP contribution in [0.15, 0.2) is 33.9 Å². The minimum Gasteiger partial charge on any atom is -0.335 e. The molecular weight excluding hydrogens is 358 g/mol. The van der Waals surface area contributed by atoms with E-state index in [1.165, 1.54) is 7.05 Å². The highest BCUT2D eigenvalue weighted by Crippen LogP contribution is 2.11. The minimum absolute atomic E-state index is 0.257. The monoisotopic (exact) mass is 377 g/mol. The zero-order valence-electron chi connectivity index (χ0n) is 14.7. The van der Waals surface area contributed by atoms with Crippen LogP contribution in [0.4, 0.5) is 0 Å². The summed E-state index contributed by atoms with van der Waals surface area (Å²) in [6.45, 7) is 5.54.